The molecule has 1 aromatic carbocycles. The van der Waals surface area contributed by atoms with Crippen LogP contribution < -0.4 is 10.6 Å². The van der Waals surface area contributed by atoms with Gasteiger partial charge in [0.25, 0.3) is 0 Å². The number of nitrogens with zero attached hydrogens (tertiary/aromatic N) is 1. The van der Waals surface area contributed by atoms with Gasteiger partial charge in [0, 0.05) is 6.07 Å². The smallest absolute Gasteiger partial charge is 0.315 e. The van der Waals surface area contributed by atoms with Crippen LogP contribution in [0.2, 0.25) is 0 Å². The summed E-state index contributed by atoms with van der Waals surface area (Å²) in [6.07, 6.45) is 3.79. The predicted octanol–water partition coefficient (Wildman–Crippen LogP) is 3.39. The minimum atomic E-state index is -0.422. The van der Waals surface area contributed by atoms with Gasteiger partial charge in [0.1, 0.15) is 5.82 Å². The molecule has 1 heterocycles. The van der Waals surface area contributed by atoms with Crippen molar-refractivity contribution in [1.82, 2.24) is 15.8 Å². The first-order valence-electron chi connectivity index (χ1n) is 7.82. The van der Waals surface area contributed by atoms with Crippen LogP contribution in [-0.4, -0.2) is 11.2 Å². The first-order valence-corrected chi connectivity index (χ1v) is 7.82. The van der Waals surface area contributed by atoms with Gasteiger partial charge in [-0.15, -0.1) is 0 Å². The lowest BCUT2D eigenvalue weighted by Gasteiger charge is -2.31. The number of carbonyl (C=O) groups is 1. The molecule has 0 radical (unpaired) electrons. The Morgan fingerprint density at radius 3 is 2.61 bits per heavy atom. The molecular weight excluding hydrogens is 297 g/mol. The lowest BCUT2D eigenvalue weighted by atomic mass is 9.88. The van der Waals surface area contributed by atoms with E-state index in [1.165, 1.54) is 12.1 Å². The van der Waals surface area contributed by atoms with Gasteiger partial charge in [0.2, 0.25) is 0 Å². The zero-order chi connectivity index (χ0) is 16.3. The number of aryl methyl sites for hydroxylation is 1. The lowest BCUT2D eigenvalue weighted by molar-refractivity contribution is 0.222. The molecule has 1 aliphatic carbocycles. The molecule has 0 aliphatic heterocycles. The Labute approximate surface area is 134 Å². The maximum atomic E-state index is 13.2. The minimum absolute atomic E-state index is 0.259. The number of rotatable bonds is 4. The molecule has 23 heavy (non-hydrogen) atoms. The van der Waals surface area contributed by atoms with Crippen LogP contribution in [0.25, 0.3) is 0 Å². The van der Waals surface area contributed by atoms with Crippen molar-refractivity contribution in [3.8, 4) is 0 Å². The molecule has 2 N–H and O–H groups in total. The third kappa shape index (κ3) is 3.52. The van der Waals surface area contributed by atoms with E-state index in [0.717, 1.165) is 36.9 Å². The Morgan fingerprint density at radius 2 is 2.00 bits per heavy atom. The molecule has 2 amide bonds. The number of hydrogen-bond donors (Lipinski definition) is 2. The fourth-order valence-electron chi connectivity index (χ4n) is 3.16. The van der Waals surface area contributed by atoms with E-state index in [9.17, 15) is 9.18 Å². The zero-order valence-corrected chi connectivity index (χ0v) is 13.1. The van der Waals surface area contributed by atoms with Crippen LogP contribution in [0.3, 0.4) is 0 Å². The number of nitrogens with one attached hydrogen (secondary N) is 2. The van der Waals surface area contributed by atoms with Gasteiger partial charge in [-0.1, -0.05) is 30.1 Å². The van der Waals surface area contributed by atoms with Crippen LogP contribution in [0.1, 0.15) is 42.7 Å². The molecule has 1 saturated carbocycles. The summed E-state index contributed by atoms with van der Waals surface area (Å²) in [5.74, 6) is 0.340. The number of urea groups is 1. The van der Waals surface area contributed by atoms with Crippen molar-refractivity contribution in [1.29, 1.82) is 0 Å². The SMILES string of the molecule is Cc1cc(CNC(=O)NC2(c3ccc(F)cc3)CCCC2)on1. The van der Waals surface area contributed by atoms with Crippen LogP contribution in [0.5, 0.6) is 0 Å². The fourth-order valence-corrected chi connectivity index (χ4v) is 3.16. The van der Waals surface area contributed by atoms with E-state index in [1.54, 1.807) is 18.2 Å². The summed E-state index contributed by atoms with van der Waals surface area (Å²) in [5, 5.41) is 9.64. The van der Waals surface area contributed by atoms with Crippen molar-refractivity contribution in [3.05, 3.63) is 53.2 Å². The van der Waals surface area contributed by atoms with Crippen molar-refractivity contribution < 1.29 is 13.7 Å². The van der Waals surface area contributed by atoms with Gasteiger partial charge in [-0.25, -0.2) is 9.18 Å². The quantitative estimate of drug-likeness (QED) is 0.908. The third-order valence-electron chi connectivity index (χ3n) is 4.31. The van der Waals surface area contributed by atoms with E-state index in [2.05, 4.69) is 15.8 Å². The molecule has 5 nitrogen and oxygen atoms in total. The summed E-state index contributed by atoms with van der Waals surface area (Å²) >= 11 is 0. The highest BCUT2D eigenvalue weighted by Gasteiger charge is 2.37. The van der Waals surface area contributed by atoms with Crippen molar-refractivity contribution >= 4 is 6.03 Å². The molecule has 0 bridgehead atoms. The average Bonchev–Trinajstić information content (AvgIpc) is 3.16. The Hall–Kier alpha value is -2.37. The van der Waals surface area contributed by atoms with E-state index in [-0.39, 0.29) is 18.4 Å². The highest BCUT2D eigenvalue weighted by Crippen LogP contribution is 2.38. The molecule has 122 valence electrons. The molecule has 0 unspecified atom stereocenters. The van der Waals surface area contributed by atoms with Crippen LogP contribution in [0.4, 0.5) is 9.18 Å². The molecule has 6 heteroatoms. The highest BCUT2D eigenvalue weighted by atomic mass is 19.1. The minimum Gasteiger partial charge on any atom is -0.359 e. The van der Waals surface area contributed by atoms with Crippen molar-refractivity contribution in [2.45, 2.75) is 44.7 Å². The average molecular weight is 317 g/mol. The molecule has 1 fully saturated rings. The topological polar surface area (TPSA) is 67.2 Å². The van der Waals surface area contributed by atoms with Crippen molar-refractivity contribution in [3.63, 3.8) is 0 Å². The Balaban J connectivity index is 1.67. The Bertz CT molecular complexity index is 675. The summed E-state index contributed by atoms with van der Waals surface area (Å²) in [6, 6.07) is 7.90. The number of carbonyl (C=O) groups excluding carboxylic acids is 1. The molecule has 1 aromatic heterocycles. The number of hydrogen-bond acceptors (Lipinski definition) is 3. The number of aromatic nitrogens is 1. The lowest BCUT2D eigenvalue weighted by Crippen LogP contribution is -2.48. The fraction of sp³-hybridized carbons (Fsp3) is 0.412. The standard InChI is InChI=1S/C17H20FN3O2/c1-12-10-15(23-21-12)11-19-16(22)20-17(8-2-3-9-17)13-4-6-14(18)7-5-13/h4-7,10H,2-3,8-9,11H2,1H3,(H2,19,20,22). The van der Waals surface area contributed by atoms with E-state index in [0.29, 0.717) is 5.76 Å². The van der Waals surface area contributed by atoms with Crippen LogP contribution in [0.15, 0.2) is 34.9 Å². The maximum Gasteiger partial charge on any atom is 0.315 e. The zero-order valence-electron chi connectivity index (χ0n) is 13.1. The van der Waals surface area contributed by atoms with Gasteiger partial charge in [-0.2, -0.15) is 0 Å². The molecule has 2 aromatic rings. The van der Waals surface area contributed by atoms with Gasteiger partial charge in [0.05, 0.1) is 17.8 Å². The number of benzene rings is 1. The van der Waals surface area contributed by atoms with Gasteiger partial charge >= 0.3 is 6.03 Å². The van der Waals surface area contributed by atoms with Crippen LogP contribution in [-0.2, 0) is 12.1 Å². The summed E-state index contributed by atoms with van der Waals surface area (Å²) in [6.45, 7) is 2.11. The van der Waals surface area contributed by atoms with E-state index in [1.807, 2.05) is 6.92 Å². The van der Waals surface area contributed by atoms with Crippen molar-refractivity contribution in [2.24, 2.45) is 0 Å². The molecule has 0 spiro atoms. The maximum absolute atomic E-state index is 13.2. The number of halogens is 1. The second-order valence-electron chi connectivity index (χ2n) is 6.04. The summed E-state index contributed by atoms with van der Waals surface area (Å²) in [7, 11) is 0. The molecule has 1 aliphatic rings. The van der Waals surface area contributed by atoms with E-state index >= 15 is 0 Å². The number of amides is 2. The van der Waals surface area contributed by atoms with Gasteiger partial charge in [0.15, 0.2) is 5.76 Å². The van der Waals surface area contributed by atoms with Gasteiger partial charge in [-0.05, 0) is 37.5 Å². The van der Waals surface area contributed by atoms with E-state index < -0.39 is 5.54 Å². The van der Waals surface area contributed by atoms with Gasteiger partial charge in [-0.3, -0.25) is 0 Å². The van der Waals surface area contributed by atoms with Crippen LogP contribution >= 0.6 is 0 Å². The normalized spacial score (nSPS) is 16.3. The Kier molecular flexibility index (Phi) is 4.32. The first kappa shape index (κ1) is 15.5. The monoisotopic (exact) mass is 317 g/mol. The third-order valence-corrected chi connectivity index (χ3v) is 4.31. The summed E-state index contributed by atoms with van der Waals surface area (Å²) in [5.41, 5.74) is 1.30. The highest BCUT2D eigenvalue weighted by molar-refractivity contribution is 5.75. The van der Waals surface area contributed by atoms with Crippen LogP contribution in [0, 0.1) is 12.7 Å². The Morgan fingerprint density at radius 1 is 1.30 bits per heavy atom. The molecular formula is C17H20FN3O2. The summed E-state index contributed by atoms with van der Waals surface area (Å²) < 4.78 is 18.2. The molecule has 3 rings (SSSR count). The van der Waals surface area contributed by atoms with Crippen molar-refractivity contribution in [2.75, 3.05) is 0 Å². The molecule has 0 saturated heterocycles. The summed E-state index contributed by atoms with van der Waals surface area (Å²) in [4.78, 5) is 12.3. The first-order chi connectivity index (χ1) is 11.1. The predicted molar refractivity (Wildman–Crippen MR) is 83.2 cm³/mol. The second-order valence-corrected chi connectivity index (χ2v) is 6.04. The molecule has 0 atom stereocenters. The largest absolute Gasteiger partial charge is 0.359 e. The second kappa shape index (κ2) is 6.40. The van der Waals surface area contributed by atoms with E-state index in [4.69, 9.17) is 4.52 Å². The van der Waals surface area contributed by atoms with Gasteiger partial charge < -0.3 is 15.2 Å².